The fourth-order valence-corrected chi connectivity index (χ4v) is 1.80. The number of nitrogens with one attached hydrogen (secondary N) is 1. The highest BCUT2D eigenvalue weighted by Gasteiger charge is 2.25. The van der Waals surface area contributed by atoms with Gasteiger partial charge in [-0.1, -0.05) is 6.07 Å². The number of benzene rings is 1. The summed E-state index contributed by atoms with van der Waals surface area (Å²) in [6, 6.07) is 2.74. The molecule has 0 fully saturated rings. The molecule has 2 N–H and O–H groups in total. The number of carboxylic acids is 1. The van der Waals surface area contributed by atoms with E-state index in [0.29, 0.717) is 0 Å². The van der Waals surface area contributed by atoms with Gasteiger partial charge in [0, 0.05) is 20.1 Å². The summed E-state index contributed by atoms with van der Waals surface area (Å²) in [4.78, 5) is 23.3. The fraction of sp³-hybridized carbons (Fsp3) is 0.429. The lowest BCUT2D eigenvalue weighted by atomic mass is 10.1. The molecule has 1 rings (SSSR count). The van der Waals surface area contributed by atoms with E-state index in [1.54, 1.807) is 0 Å². The topological polar surface area (TPSA) is 94.1 Å². The second-order valence-corrected chi connectivity index (χ2v) is 4.36. The summed E-state index contributed by atoms with van der Waals surface area (Å²) in [7, 11) is 2.62. The van der Waals surface area contributed by atoms with E-state index in [4.69, 9.17) is 14.6 Å². The largest absolute Gasteiger partial charge is 0.493 e. The number of alkyl halides is 2. The molecule has 0 radical (unpaired) electrons. The van der Waals surface area contributed by atoms with Crippen LogP contribution < -0.4 is 14.8 Å². The number of ether oxygens (including phenoxy) is 3. The van der Waals surface area contributed by atoms with E-state index < -0.39 is 30.3 Å². The number of methoxy groups -OCH3 is 2. The van der Waals surface area contributed by atoms with E-state index in [9.17, 15) is 18.4 Å². The van der Waals surface area contributed by atoms with Crippen molar-refractivity contribution in [3.05, 3.63) is 23.8 Å². The van der Waals surface area contributed by atoms with Gasteiger partial charge in [0.2, 0.25) is 0 Å². The number of rotatable bonds is 9. The Hall–Kier alpha value is -2.42. The first-order chi connectivity index (χ1) is 10.9. The number of amides is 1. The Bertz CT molecular complexity index is 552. The van der Waals surface area contributed by atoms with Crippen molar-refractivity contribution in [2.24, 2.45) is 0 Å². The maximum absolute atomic E-state index is 12.5. The van der Waals surface area contributed by atoms with E-state index in [1.807, 2.05) is 0 Å². The maximum Gasteiger partial charge on any atom is 0.387 e. The molecule has 0 saturated heterocycles. The molecule has 0 spiro atoms. The van der Waals surface area contributed by atoms with Crippen molar-refractivity contribution in [2.75, 3.05) is 20.8 Å². The molecular formula is C14H17F2NO6. The van der Waals surface area contributed by atoms with Crippen LogP contribution in [-0.4, -0.2) is 50.5 Å². The highest BCUT2D eigenvalue weighted by Crippen LogP contribution is 2.32. The summed E-state index contributed by atoms with van der Waals surface area (Å²) in [6.45, 7) is -3.06. The number of hydrogen-bond donors (Lipinski definition) is 2. The number of para-hydroxylation sites is 1. The van der Waals surface area contributed by atoms with Crippen molar-refractivity contribution < 1.29 is 37.7 Å². The van der Waals surface area contributed by atoms with Crippen molar-refractivity contribution in [1.29, 1.82) is 0 Å². The van der Waals surface area contributed by atoms with Crippen LogP contribution in [0.15, 0.2) is 18.2 Å². The Labute approximate surface area is 131 Å². The van der Waals surface area contributed by atoms with Gasteiger partial charge >= 0.3 is 12.6 Å². The van der Waals surface area contributed by atoms with E-state index in [1.165, 1.54) is 32.4 Å². The molecule has 0 aliphatic carbocycles. The number of carbonyl (C=O) groups is 2. The van der Waals surface area contributed by atoms with E-state index >= 15 is 0 Å². The minimum absolute atomic E-state index is 0.0204. The Morgan fingerprint density at radius 1 is 1.30 bits per heavy atom. The summed E-state index contributed by atoms with van der Waals surface area (Å²) in [5, 5.41) is 11.3. The summed E-state index contributed by atoms with van der Waals surface area (Å²) in [6.07, 6.45) is 0.0204. The summed E-state index contributed by atoms with van der Waals surface area (Å²) in [5.41, 5.74) is -0.256. The fourth-order valence-electron chi connectivity index (χ4n) is 1.80. The van der Waals surface area contributed by atoms with Crippen molar-refractivity contribution in [1.82, 2.24) is 5.32 Å². The number of carbonyl (C=O) groups excluding carboxylic acids is 1. The molecule has 23 heavy (non-hydrogen) atoms. The van der Waals surface area contributed by atoms with Gasteiger partial charge in [0.1, 0.15) is 6.04 Å². The predicted octanol–water partition coefficient (Wildman–Crippen LogP) is 1.52. The Morgan fingerprint density at radius 3 is 2.52 bits per heavy atom. The molecular weight excluding hydrogens is 316 g/mol. The molecule has 1 amide bonds. The molecule has 0 bridgehead atoms. The van der Waals surface area contributed by atoms with Gasteiger partial charge in [-0.2, -0.15) is 8.78 Å². The zero-order valence-electron chi connectivity index (χ0n) is 12.5. The Kier molecular flexibility index (Phi) is 7.20. The highest BCUT2D eigenvalue weighted by atomic mass is 19.3. The molecule has 9 heteroatoms. The smallest absolute Gasteiger partial charge is 0.387 e. The molecule has 0 aromatic heterocycles. The van der Waals surface area contributed by atoms with Crippen molar-refractivity contribution in [3.63, 3.8) is 0 Å². The lowest BCUT2D eigenvalue weighted by molar-refractivity contribution is -0.139. The second kappa shape index (κ2) is 8.89. The normalized spacial score (nSPS) is 11.9. The number of aliphatic carboxylic acids is 1. The third-order valence-corrected chi connectivity index (χ3v) is 2.86. The van der Waals surface area contributed by atoms with E-state index in [0.717, 1.165) is 0 Å². The van der Waals surface area contributed by atoms with Gasteiger partial charge in [0.25, 0.3) is 5.91 Å². The Morgan fingerprint density at radius 2 is 2.00 bits per heavy atom. The molecule has 7 nitrogen and oxygen atoms in total. The third kappa shape index (κ3) is 5.37. The van der Waals surface area contributed by atoms with E-state index in [-0.39, 0.29) is 24.3 Å². The molecule has 1 aromatic carbocycles. The van der Waals surface area contributed by atoms with Crippen molar-refractivity contribution in [2.45, 2.75) is 19.1 Å². The van der Waals surface area contributed by atoms with Gasteiger partial charge in [-0.3, -0.25) is 4.79 Å². The van der Waals surface area contributed by atoms with Crippen LogP contribution in [-0.2, 0) is 9.53 Å². The average Bonchev–Trinajstić information content (AvgIpc) is 2.50. The zero-order valence-corrected chi connectivity index (χ0v) is 12.5. The van der Waals surface area contributed by atoms with Crippen LogP contribution in [0.3, 0.4) is 0 Å². The first-order valence-corrected chi connectivity index (χ1v) is 6.55. The monoisotopic (exact) mass is 333 g/mol. The van der Waals surface area contributed by atoms with Crippen LogP contribution in [0.1, 0.15) is 16.8 Å². The predicted molar refractivity (Wildman–Crippen MR) is 75.0 cm³/mol. The minimum Gasteiger partial charge on any atom is -0.493 e. The Balaban J connectivity index is 3.04. The number of carboxylic acid groups (broad SMARTS) is 1. The molecule has 0 saturated carbocycles. The third-order valence-electron chi connectivity index (χ3n) is 2.86. The van der Waals surface area contributed by atoms with Crippen LogP contribution >= 0.6 is 0 Å². The van der Waals surface area contributed by atoms with Gasteiger partial charge < -0.3 is 24.6 Å². The highest BCUT2D eigenvalue weighted by molar-refractivity contribution is 5.99. The molecule has 0 aliphatic heterocycles. The standard InChI is InChI=1S/C14H17F2NO6/c1-21-7-6-9(13(19)20)17-12(18)8-4-3-5-10(22-2)11(8)23-14(15)16/h3-5,9,14H,6-7H2,1-2H3,(H,17,18)(H,19,20). The van der Waals surface area contributed by atoms with Gasteiger partial charge in [-0.05, 0) is 12.1 Å². The summed E-state index contributed by atoms with van der Waals surface area (Å²) < 4.78 is 39.0. The molecule has 0 aliphatic rings. The van der Waals surface area contributed by atoms with Crippen LogP contribution in [0.25, 0.3) is 0 Å². The first kappa shape index (κ1) is 18.6. The van der Waals surface area contributed by atoms with Crippen LogP contribution in [0.4, 0.5) is 8.78 Å². The summed E-state index contributed by atoms with van der Waals surface area (Å²) >= 11 is 0. The van der Waals surface area contributed by atoms with Crippen LogP contribution in [0, 0.1) is 0 Å². The minimum atomic E-state index is -3.17. The molecule has 1 atom stereocenters. The van der Waals surface area contributed by atoms with Crippen molar-refractivity contribution in [3.8, 4) is 11.5 Å². The van der Waals surface area contributed by atoms with Crippen LogP contribution in [0.2, 0.25) is 0 Å². The van der Waals surface area contributed by atoms with Gasteiger partial charge in [-0.25, -0.2) is 4.79 Å². The van der Waals surface area contributed by atoms with Gasteiger partial charge in [0.05, 0.1) is 12.7 Å². The maximum atomic E-state index is 12.5. The summed E-state index contributed by atoms with van der Waals surface area (Å²) in [5.74, 6) is -2.67. The molecule has 1 unspecified atom stereocenters. The van der Waals surface area contributed by atoms with Crippen LogP contribution in [0.5, 0.6) is 11.5 Å². The average molecular weight is 333 g/mol. The van der Waals surface area contributed by atoms with E-state index in [2.05, 4.69) is 10.1 Å². The molecule has 1 aromatic rings. The first-order valence-electron chi connectivity index (χ1n) is 6.55. The lowest BCUT2D eigenvalue weighted by Gasteiger charge is -2.17. The molecule has 0 heterocycles. The number of hydrogen-bond acceptors (Lipinski definition) is 5. The molecule has 128 valence electrons. The van der Waals surface area contributed by atoms with Crippen molar-refractivity contribution >= 4 is 11.9 Å². The number of halogens is 2. The zero-order chi connectivity index (χ0) is 17.4. The second-order valence-electron chi connectivity index (χ2n) is 4.36. The van der Waals surface area contributed by atoms with Gasteiger partial charge in [-0.15, -0.1) is 0 Å². The quantitative estimate of drug-likeness (QED) is 0.711. The van der Waals surface area contributed by atoms with Gasteiger partial charge in [0.15, 0.2) is 11.5 Å². The lowest BCUT2D eigenvalue weighted by Crippen LogP contribution is -2.41. The SMILES string of the molecule is COCCC(NC(=O)c1cccc(OC)c1OC(F)F)C(=O)O.